The fourth-order valence-corrected chi connectivity index (χ4v) is 1.83. The minimum atomic E-state index is 0.697. The second kappa shape index (κ2) is 3.89. The molecule has 74 valence electrons. The first kappa shape index (κ1) is 9.36. The van der Waals surface area contributed by atoms with Gasteiger partial charge in [-0.1, -0.05) is 0 Å². The maximum Gasteiger partial charge on any atom is 0.181 e. The van der Waals surface area contributed by atoms with Crippen molar-refractivity contribution < 1.29 is 4.42 Å². The molecule has 2 rings (SSSR count). The van der Waals surface area contributed by atoms with Gasteiger partial charge in [-0.25, -0.2) is 9.97 Å². The first-order valence-corrected chi connectivity index (χ1v) is 5.18. The molecular weight excluding hydrogens is 198 g/mol. The Morgan fingerprint density at radius 2 is 2.43 bits per heavy atom. The van der Waals surface area contributed by atoms with Gasteiger partial charge in [0.05, 0.1) is 5.01 Å². The molecule has 0 bridgehead atoms. The molecule has 0 spiro atoms. The van der Waals surface area contributed by atoms with Crippen molar-refractivity contribution in [3.8, 4) is 11.5 Å². The molecule has 0 atom stereocenters. The summed E-state index contributed by atoms with van der Waals surface area (Å²) in [6, 6.07) is 0. The molecule has 0 radical (unpaired) electrons. The van der Waals surface area contributed by atoms with Crippen molar-refractivity contribution in [1.82, 2.24) is 15.3 Å². The van der Waals surface area contributed by atoms with Crippen molar-refractivity contribution in [2.75, 3.05) is 7.05 Å². The predicted octanol–water partition coefficient (Wildman–Crippen LogP) is 1.83. The molecule has 0 aliphatic rings. The summed E-state index contributed by atoms with van der Waals surface area (Å²) in [4.78, 5) is 8.48. The normalized spacial score (nSPS) is 10.7. The van der Waals surface area contributed by atoms with E-state index in [0.29, 0.717) is 6.54 Å². The summed E-state index contributed by atoms with van der Waals surface area (Å²) in [5.41, 5.74) is 1.77. The van der Waals surface area contributed by atoms with Crippen LogP contribution in [0.2, 0.25) is 0 Å². The fraction of sp³-hybridized carbons (Fsp3) is 0.333. The number of oxazole rings is 1. The molecule has 2 heterocycles. The summed E-state index contributed by atoms with van der Waals surface area (Å²) in [5, 5.41) is 6.06. The molecule has 0 unspecified atom stereocenters. The van der Waals surface area contributed by atoms with Crippen LogP contribution in [0.25, 0.3) is 11.5 Å². The highest BCUT2D eigenvalue weighted by Crippen LogP contribution is 2.24. The lowest BCUT2D eigenvalue weighted by atomic mass is 10.3. The highest BCUT2D eigenvalue weighted by atomic mass is 32.1. The largest absolute Gasteiger partial charge is 0.441 e. The van der Waals surface area contributed by atoms with Crippen LogP contribution in [-0.4, -0.2) is 17.0 Å². The van der Waals surface area contributed by atoms with E-state index in [2.05, 4.69) is 15.3 Å². The van der Waals surface area contributed by atoms with Gasteiger partial charge in [-0.2, -0.15) is 0 Å². The third-order valence-electron chi connectivity index (χ3n) is 1.84. The van der Waals surface area contributed by atoms with Crippen LogP contribution in [0.5, 0.6) is 0 Å². The highest BCUT2D eigenvalue weighted by Gasteiger charge is 2.12. The molecule has 0 saturated heterocycles. The Bertz CT molecular complexity index is 421. The van der Waals surface area contributed by atoms with Crippen molar-refractivity contribution in [1.29, 1.82) is 0 Å². The zero-order valence-electron chi connectivity index (χ0n) is 8.07. The molecule has 2 aromatic rings. The molecule has 0 aromatic carbocycles. The van der Waals surface area contributed by atoms with Gasteiger partial charge in [0.15, 0.2) is 12.2 Å². The van der Waals surface area contributed by atoms with E-state index < -0.39 is 0 Å². The number of thiazole rings is 1. The van der Waals surface area contributed by atoms with Gasteiger partial charge in [0.2, 0.25) is 0 Å². The van der Waals surface area contributed by atoms with Gasteiger partial charge in [-0.15, -0.1) is 11.3 Å². The van der Waals surface area contributed by atoms with Crippen LogP contribution in [0, 0.1) is 6.92 Å². The van der Waals surface area contributed by atoms with Crippen LogP contribution in [-0.2, 0) is 6.54 Å². The lowest BCUT2D eigenvalue weighted by Gasteiger charge is -1.95. The van der Waals surface area contributed by atoms with E-state index >= 15 is 0 Å². The van der Waals surface area contributed by atoms with E-state index in [9.17, 15) is 0 Å². The monoisotopic (exact) mass is 209 g/mol. The molecule has 0 saturated carbocycles. The van der Waals surface area contributed by atoms with E-state index in [1.807, 2.05) is 19.4 Å². The number of rotatable bonds is 3. The Morgan fingerprint density at radius 1 is 1.57 bits per heavy atom. The summed E-state index contributed by atoms with van der Waals surface area (Å²) >= 11 is 1.61. The highest BCUT2D eigenvalue weighted by molar-refractivity contribution is 7.09. The number of hydrogen-bond donors (Lipinski definition) is 1. The SMILES string of the molecule is CNCc1ncoc1-c1csc(C)n1. The van der Waals surface area contributed by atoms with Gasteiger partial charge < -0.3 is 9.73 Å². The molecule has 0 fully saturated rings. The van der Waals surface area contributed by atoms with E-state index in [1.54, 1.807) is 11.3 Å². The summed E-state index contributed by atoms with van der Waals surface area (Å²) in [5.74, 6) is 0.767. The zero-order valence-corrected chi connectivity index (χ0v) is 8.89. The van der Waals surface area contributed by atoms with Gasteiger partial charge in [-0.05, 0) is 14.0 Å². The summed E-state index contributed by atoms with van der Waals surface area (Å²) < 4.78 is 5.31. The average molecular weight is 209 g/mol. The molecule has 4 nitrogen and oxygen atoms in total. The van der Waals surface area contributed by atoms with Crippen molar-refractivity contribution >= 4 is 11.3 Å². The van der Waals surface area contributed by atoms with Gasteiger partial charge in [-0.3, -0.25) is 0 Å². The smallest absolute Gasteiger partial charge is 0.181 e. The maximum absolute atomic E-state index is 5.31. The average Bonchev–Trinajstić information content (AvgIpc) is 2.74. The number of hydrogen-bond acceptors (Lipinski definition) is 5. The quantitative estimate of drug-likeness (QED) is 0.837. The fourth-order valence-electron chi connectivity index (χ4n) is 1.24. The zero-order chi connectivity index (χ0) is 9.97. The maximum atomic E-state index is 5.31. The van der Waals surface area contributed by atoms with Crippen LogP contribution in [0.3, 0.4) is 0 Å². The van der Waals surface area contributed by atoms with Crippen LogP contribution in [0.4, 0.5) is 0 Å². The van der Waals surface area contributed by atoms with E-state index in [1.165, 1.54) is 6.39 Å². The third kappa shape index (κ3) is 1.69. The van der Waals surface area contributed by atoms with Crippen LogP contribution < -0.4 is 5.32 Å². The summed E-state index contributed by atoms with van der Waals surface area (Å²) in [7, 11) is 1.88. The molecule has 0 amide bonds. The van der Waals surface area contributed by atoms with Gasteiger partial charge in [0, 0.05) is 11.9 Å². The van der Waals surface area contributed by atoms with Crippen LogP contribution in [0.15, 0.2) is 16.2 Å². The van der Waals surface area contributed by atoms with Gasteiger partial charge in [0.1, 0.15) is 11.4 Å². The van der Waals surface area contributed by atoms with Crippen LogP contribution in [0.1, 0.15) is 10.7 Å². The Labute approximate surface area is 86.0 Å². The van der Waals surface area contributed by atoms with Crippen molar-refractivity contribution in [2.45, 2.75) is 13.5 Å². The number of aryl methyl sites for hydroxylation is 1. The Morgan fingerprint density at radius 3 is 3.07 bits per heavy atom. The third-order valence-corrected chi connectivity index (χ3v) is 2.61. The molecule has 14 heavy (non-hydrogen) atoms. The molecular formula is C9H11N3OS. The summed E-state index contributed by atoms with van der Waals surface area (Å²) in [6.45, 7) is 2.67. The van der Waals surface area contributed by atoms with Crippen molar-refractivity contribution in [2.24, 2.45) is 0 Å². The predicted molar refractivity (Wildman–Crippen MR) is 55.1 cm³/mol. The standard InChI is InChI=1S/C9H11N3OS/c1-6-12-8(4-14-6)9-7(3-10-2)11-5-13-9/h4-5,10H,3H2,1-2H3. The first-order chi connectivity index (χ1) is 6.81. The van der Waals surface area contributed by atoms with Crippen molar-refractivity contribution in [3.05, 3.63) is 22.5 Å². The lowest BCUT2D eigenvalue weighted by molar-refractivity contribution is 0.568. The molecule has 0 aliphatic heterocycles. The molecule has 0 aliphatic carbocycles. The first-order valence-electron chi connectivity index (χ1n) is 4.30. The number of nitrogens with one attached hydrogen (secondary N) is 1. The second-order valence-electron chi connectivity index (χ2n) is 2.91. The number of nitrogens with zero attached hydrogens (tertiary/aromatic N) is 2. The van der Waals surface area contributed by atoms with Gasteiger partial charge in [0.25, 0.3) is 0 Å². The Balaban J connectivity index is 2.36. The minimum absolute atomic E-state index is 0.697. The molecule has 1 N–H and O–H groups in total. The Hall–Kier alpha value is -1.20. The molecule has 2 aromatic heterocycles. The minimum Gasteiger partial charge on any atom is -0.441 e. The van der Waals surface area contributed by atoms with E-state index in [-0.39, 0.29) is 0 Å². The second-order valence-corrected chi connectivity index (χ2v) is 3.97. The molecule has 5 heteroatoms. The lowest BCUT2D eigenvalue weighted by Crippen LogP contribution is -2.06. The van der Waals surface area contributed by atoms with Crippen LogP contribution >= 0.6 is 11.3 Å². The van der Waals surface area contributed by atoms with E-state index in [0.717, 1.165) is 22.2 Å². The topological polar surface area (TPSA) is 51.0 Å². The van der Waals surface area contributed by atoms with Crippen molar-refractivity contribution in [3.63, 3.8) is 0 Å². The Kier molecular flexibility index (Phi) is 2.60. The van der Waals surface area contributed by atoms with Gasteiger partial charge >= 0.3 is 0 Å². The number of aromatic nitrogens is 2. The van der Waals surface area contributed by atoms with E-state index in [4.69, 9.17) is 4.42 Å². The summed E-state index contributed by atoms with van der Waals surface area (Å²) in [6.07, 6.45) is 1.46.